The van der Waals surface area contributed by atoms with Gasteiger partial charge in [0.2, 0.25) is 0 Å². The highest BCUT2D eigenvalue weighted by Crippen LogP contribution is 2.34. The molecule has 2 aromatic heterocycles. The standard InChI is InChI=1S/C20H24N4O/c1-6-25-16-10-8-7-9-15(16)22-23-19-18(20(3,4)5)21-17-12-11-14(2)13-24(17)19/h7-13H,6H2,1-5H3. The average Bonchev–Trinajstić information content (AvgIpc) is 2.92. The Kier molecular flexibility index (Phi) is 4.57. The second-order valence-electron chi connectivity index (χ2n) is 7.07. The van der Waals surface area contributed by atoms with Gasteiger partial charge >= 0.3 is 0 Å². The summed E-state index contributed by atoms with van der Waals surface area (Å²) in [6.45, 7) is 11.0. The maximum Gasteiger partial charge on any atom is 0.183 e. The van der Waals surface area contributed by atoms with E-state index in [-0.39, 0.29) is 5.41 Å². The molecule has 0 amide bonds. The van der Waals surface area contributed by atoms with E-state index in [1.54, 1.807) is 0 Å². The van der Waals surface area contributed by atoms with Gasteiger partial charge in [0.25, 0.3) is 0 Å². The van der Waals surface area contributed by atoms with E-state index in [0.29, 0.717) is 12.3 Å². The number of para-hydroxylation sites is 1. The smallest absolute Gasteiger partial charge is 0.183 e. The van der Waals surface area contributed by atoms with E-state index in [1.807, 2.05) is 47.9 Å². The van der Waals surface area contributed by atoms with Gasteiger partial charge in [0.05, 0.1) is 12.3 Å². The Balaban J connectivity index is 2.13. The molecule has 5 nitrogen and oxygen atoms in total. The lowest BCUT2D eigenvalue weighted by atomic mass is 9.92. The molecule has 0 bridgehead atoms. The minimum Gasteiger partial charge on any atom is -0.492 e. The van der Waals surface area contributed by atoms with Crippen molar-refractivity contribution in [2.24, 2.45) is 10.2 Å². The summed E-state index contributed by atoms with van der Waals surface area (Å²) in [6, 6.07) is 11.7. The van der Waals surface area contributed by atoms with E-state index < -0.39 is 0 Å². The van der Waals surface area contributed by atoms with Crippen LogP contribution in [0.3, 0.4) is 0 Å². The van der Waals surface area contributed by atoms with Gasteiger partial charge in [-0.15, -0.1) is 10.2 Å². The first kappa shape index (κ1) is 17.1. The topological polar surface area (TPSA) is 51.2 Å². The molecule has 0 aliphatic heterocycles. The molecule has 0 spiro atoms. The number of nitrogens with zero attached hydrogens (tertiary/aromatic N) is 4. The Morgan fingerprint density at radius 2 is 1.84 bits per heavy atom. The lowest BCUT2D eigenvalue weighted by molar-refractivity contribution is 0.341. The van der Waals surface area contributed by atoms with Crippen molar-refractivity contribution in [1.29, 1.82) is 0 Å². The number of ether oxygens (including phenoxy) is 1. The van der Waals surface area contributed by atoms with Crippen LogP contribution in [0.4, 0.5) is 11.5 Å². The first-order valence-corrected chi connectivity index (χ1v) is 8.53. The summed E-state index contributed by atoms with van der Waals surface area (Å²) in [6.07, 6.45) is 2.04. The molecule has 130 valence electrons. The SMILES string of the molecule is CCOc1ccccc1N=Nc1c(C(C)(C)C)nc2ccc(C)cn12. The number of azo groups is 1. The van der Waals surface area contributed by atoms with Crippen LogP contribution in [0.5, 0.6) is 5.75 Å². The third-order valence-electron chi connectivity index (χ3n) is 3.87. The van der Waals surface area contributed by atoms with E-state index in [4.69, 9.17) is 9.72 Å². The van der Waals surface area contributed by atoms with Crippen LogP contribution in [0.15, 0.2) is 52.8 Å². The molecule has 0 fully saturated rings. The van der Waals surface area contributed by atoms with Crippen LogP contribution < -0.4 is 4.74 Å². The first-order valence-electron chi connectivity index (χ1n) is 8.53. The van der Waals surface area contributed by atoms with Gasteiger partial charge in [-0.25, -0.2) is 4.98 Å². The molecule has 0 saturated carbocycles. The molecule has 0 aliphatic rings. The summed E-state index contributed by atoms with van der Waals surface area (Å²) >= 11 is 0. The minimum absolute atomic E-state index is 0.131. The number of benzene rings is 1. The van der Waals surface area contributed by atoms with E-state index in [9.17, 15) is 0 Å². The van der Waals surface area contributed by atoms with Crippen molar-refractivity contribution in [1.82, 2.24) is 9.38 Å². The zero-order valence-electron chi connectivity index (χ0n) is 15.4. The largest absolute Gasteiger partial charge is 0.492 e. The van der Waals surface area contributed by atoms with Gasteiger partial charge in [0.15, 0.2) is 5.82 Å². The summed E-state index contributed by atoms with van der Waals surface area (Å²) in [5, 5.41) is 9.02. The molecule has 25 heavy (non-hydrogen) atoms. The number of hydrogen-bond acceptors (Lipinski definition) is 4. The Bertz CT molecular complexity index is 919. The van der Waals surface area contributed by atoms with Gasteiger partial charge in [-0.1, -0.05) is 39.0 Å². The summed E-state index contributed by atoms with van der Waals surface area (Å²) in [5.74, 6) is 1.49. The molecule has 0 aliphatic carbocycles. The fourth-order valence-electron chi connectivity index (χ4n) is 2.66. The molecule has 0 radical (unpaired) electrons. The number of aryl methyl sites for hydroxylation is 1. The lowest BCUT2D eigenvalue weighted by Gasteiger charge is -2.15. The molecular weight excluding hydrogens is 312 g/mol. The predicted molar refractivity (Wildman–Crippen MR) is 100 cm³/mol. The van der Waals surface area contributed by atoms with Crippen LogP contribution in [0, 0.1) is 6.92 Å². The van der Waals surface area contributed by atoms with Crippen molar-refractivity contribution in [3.05, 3.63) is 53.9 Å². The lowest BCUT2D eigenvalue weighted by Crippen LogP contribution is -2.11. The number of imidazole rings is 1. The van der Waals surface area contributed by atoms with Crippen LogP contribution in [0.1, 0.15) is 39.0 Å². The van der Waals surface area contributed by atoms with Gasteiger partial charge in [0.1, 0.15) is 17.1 Å². The van der Waals surface area contributed by atoms with Gasteiger partial charge in [-0.3, -0.25) is 4.40 Å². The molecular formula is C20H24N4O. The van der Waals surface area contributed by atoms with Crippen molar-refractivity contribution in [3.63, 3.8) is 0 Å². The Morgan fingerprint density at radius 3 is 2.56 bits per heavy atom. The summed E-state index contributed by atoms with van der Waals surface area (Å²) in [4.78, 5) is 4.77. The van der Waals surface area contributed by atoms with Crippen LogP contribution in [-0.4, -0.2) is 16.0 Å². The molecule has 2 heterocycles. The maximum atomic E-state index is 5.63. The third-order valence-corrected chi connectivity index (χ3v) is 3.87. The highest BCUT2D eigenvalue weighted by molar-refractivity contribution is 5.56. The molecule has 0 unspecified atom stereocenters. The molecule has 5 heteroatoms. The Hall–Kier alpha value is -2.69. The molecule has 3 aromatic rings. The Morgan fingerprint density at radius 1 is 1.08 bits per heavy atom. The van der Waals surface area contributed by atoms with Crippen molar-refractivity contribution >= 4 is 17.2 Å². The number of rotatable bonds is 4. The fraction of sp³-hybridized carbons (Fsp3) is 0.350. The normalized spacial score (nSPS) is 12.2. The van der Waals surface area contributed by atoms with Gasteiger partial charge in [-0.2, -0.15) is 0 Å². The molecule has 3 rings (SSSR count). The van der Waals surface area contributed by atoms with Crippen molar-refractivity contribution < 1.29 is 4.74 Å². The highest BCUT2D eigenvalue weighted by atomic mass is 16.5. The van der Waals surface area contributed by atoms with E-state index in [1.165, 1.54) is 0 Å². The van der Waals surface area contributed by atoms with Crippen molar-refractivity contribution in [3.8, 4) is 5.75 Å². The van der Waals surface area contributed by atoms with Crippen molar-refractivity contribution in [2.45, 2.75) is 40.0 Å². The third kappa shape index (κ3) is 3.55. The molecule has 0 N–H and O–H groups in total. The Labute approximate surface area is 148 Å². The van der Waals surface area contributed by atoms with E-state index in [0.717, 1.165) is 28.5 Å². The minimum atomic E-state index is -0.131. The van der Waals surface area contributed by atoms with Crippen molar-refractivity contribution in [2.75, 3.05) is 6.61 Å². The number of pyridine rings is 1. The highest BCUT2D eigenvalue weighted by Gasteiger charge is 2.24. The summed E-state index contributed by atoms with van der Waals surface area (Å²) in [5.41, 5.74) is 3.54. The zero-order chi connectivity index (χ0) is 18.0. The van der Waals surface area contributed by atoms with Gasteiger partial charge in [0, 0.05) is 11.6 Å². The second-order valence-corrected chi connectivity index (χ2v) is 7.07. The van der Waals surface area contributed by atoms with Crippen LogP contribution in [0.25, 0.3) is 5.65 Å². The van der Waals surface area contributed by atoms with E-state index >= 15 is 0 Å². The van der Waals surface area contributed by atoms with E-state index in [2.05, 4.69) is 44.0 Å². The average molecular weight is 336 g/mol. The molecule has 0 saturated heterocycles. The van der Waals surface area contributed by atoms with Crippen LogP contribution in [-0.2, 0) is 5.41 Å². The summed E-state index contributed by atoms with van der Waals surface area (Å²) < 4.78 is 7.64. The quantitative estimate of drug-likeness (QED) is 0.569. The maximum absolute atomic E-state index is 5.63. The van der Waals surface area contributed by atoms with Crippen LogP contribution in [0.2, 0.25) is 0 Å². The van der Waals surface area contributed by atoms with Gasteiger partial charge in [-0.05, 0) is 37.6 Å². The fourth-order valence-corrected chi connectivity index (χ4v) is 2.66. The molecule has 1 aromatic carbocycles. The number of fused-ring (bicyclic) bond motifs is 1. The van der Waals surface area contributed by atoms with Crippen LogP contribution >= 0.6 is 0 Å². The van der Waals surface area contributed by atoms with Gasteiger partial charge < -0.3 is 4.74 Å². The monoisotopic (exact) mass is 336 g/mol. The molecule has 0 atom stereocenters. The second kappa shape index (κ2) is 6.67. The number of hydrogen-bond donors (Lipinski definition) is 0. The number of aromatic nitrogens is 2. The zero-order valence-corrected chi connectivity index (χ0v) is 15.4. The predicted octanol–water partition coefficient (Wildman–Crippen LogP) is 5.75. The first-order chi connectivity index (χ1) is 11.9. The summed E-state index contributed by atoms with van der Waals surface area (Å²) in [7, 11) is 0.